The third-order valence-electron chi connectivity index (χ3n) is 3.45. The molecule has 2 atom stereocenters. The van der Waals surface area contributed by atoms with Gasteiger partial charge in [0.05, 0.1) is 5.92 Å². The van der Waals surface area contributed by atoms with Gasteiger partial charge in [0.25, 0.3) is 0 Å². The molecule has 0 saturated heterocycles. The Morgan fingerprint density at radius 1 is 1.15 bits per heavy atom. The summed E-state index contributed by atoms with van der Waals surface area (Å²) in [4.78, 5) is 24.5. The van der Waals surface area contributed by atoms with Crippen molar-refractivity contribution in [1.82, 2.24) is 10.2 Å². The molecule has 0 rings (SSSR count). The van der Waals surface area contributed by atoms with Gasteiger partial charge in [0.15, 0.2) is 0 Å². The lowest BCUT2D eigenvalue weighted by Crippen LogP contribution is -2.46. The molecule has 20 heavy (non-hydrogen) atoms. The number of carbonyl (C=O) groups is 2. The van der Waals surface area contributed by atoms with Crippen molar-refractivity contribution in [2.75, 3.05) is 13.1 Å². The van der Waals surface area contributed by atoms with Crippen LogP contribution in [-0.2, 0) is 4.79 Å². The van der Waals surface area contributed by atoms with Crippen LogP contribution in [0.5, 0.6) is 0 Å². The number of hydrogen-bond donors (Lipinski definition) is 2. The largest absolute Gasteiger partial charge is 0.481 e. The maximum atomic E-state index is 12.1. The molecule has 5 nitrogen and oxygen atoms in total. The fraction of sp³-hybridized carbons (Fsp3) is 0.867. The van der Waals surface area contributed by atoms with Gasteiger partial charge >= 0.3 is 12.0 Å². The van der Waals surface area contributed by atoms with Gasteiger partial charge < -0.3 is 15.3 Å². The Labute approximate surface area is 122 Å². The molecule has 118 valence electrons. The summed E-state index contributed by atoms with van der Waals surface area (Å²) >= 11 is 0. The van der Waals surface area contributed by atoms with Crippen molar-refractivity contribution in [3.63, 3.8) is 0 Å². The van der Waals surface area contributed by atoms with Gasteiger partial charge in [-0.05, 0) is 20.3 Å². The molecule has 2 unspecified atom stereocenters. The lowest BCUT2D eigenvalue weighted by Gasteiger charge is -2.25. The van der Waals surface area contributed by atoms with Crippen molar-refractivity contribution >= 4 is 12.0 Å². The minimum atomic E-state index is -0.871. The fourth-order valence-electron chi connectivity index (χ4n) is 2.02. The van der Waals surface area contributed by atoms with Gasteiger partial charge in [-0.15, -0.1) is 0 Å². The average molecular weight is 286 g/mol. The van der Waals surface area contributed by atoms with Crippen molar-refractivity contribution < 1.29 is 14.7 Å². The number of nitrogens with zero attached hydrogens (tertiary/aromatic N) is 1. The highest BCUT2D eigenvalue weighted by Gasteiger charge is 2.20. The fourth-order valence-corrected chi connectivity index (χ4v) is 2.02. The van der Waals surface area contributed by atoms with Crippen molar-refractivity contribution in [3.05, 3.63) is 0 Å². The molecule has 2 amide bonds. The van der Waals surface area contributed by atoms with Crippen LogP contribution in [0.4, 0.5) is 4.79 Å². The van der Waals surface area contributed by atoms with Gasteiger partial charge in [-0.3, -0.25) is 4.79 Å². The molecule has 5 heteroatoms. The molecule has 0 bridgehead atoms. The minimum Gasteiger partial charge on any atom is -0.481 e. The van der Waals surface area contributed by atoms with Crippen LogP contribution in [-0.4, -0.2) is 41.1 Å². The van der Waals surface area contributed by atoms with Gasteiger partial charge in [0.2, 0.25) is 0 Å². The molecule has 0 fully saturated rings. The topological polar surface area (TPSA) is 69.6 Å². The maximum absolute atomic E-state index is 12.1. The lowest BCUT2D eigenvalue weighted by molar-refractivity contribution is -0.141. The van der Waals surface area contributed by atoms with Gasteiger partial charge in [-0.2, -0.15) is 0 Å². The smallest absolute Gasteiger partial charge is 0.317 e. The minimum absolute atomic E-state index is 0.133. The van der Waals surface area contributed by atoms with E-state index < -0.39 is 11.9 Å². The number of carbonyl (C=O) groups excluding carboxylic acids is 1. The zero-order valence-corrected chi connectivity index (χ0v) is 13.3. The standard InChI is InChI=1S/C15H30N2O3/c1-5-7-8-9-10-13(4)16-15(20)17(6-2)11-12(3)14(18)19/h12-13H,5-11H2,1-4H3,(H,16,20)(H,18,19). The number of carboxylic acid groups (broad SMARTS) is 1. The Bertz CT molecular complexity index is 295. The van der Waals surface area contributed by atoms with Crippen molar-refractivity contribution in [1.29, 1.82) is 0 Å². The van der Waals surface area contributed by atoms with Crippen molar-refractivity contribution in [2.24, 2.45) is 5.92 Å². The lowest BCUT2D eigenvalue weighted by atomic mass is 10.1. The highest BCUT2D eigenvalue weighted by Crippen LogP contribution is 2.06. The van der Waals surface area contributed by atoms with E-state index in [2.05, 4.69) is 12.2 Å². The monoisotopic (exact) mass is 286 g/mol. The molecule has 0 aromatic heterocycles. The van der Waals surface area contributed by atoms with Crippen LogP contribution in [0.15, 0.2) is 0 Å². The average Bonchev–Trinajstić information content (AvgIpc) is 2.40. The third kappa shape index (κ3) is 8.02. The number of amides is 2. The summed E-state index contributed by atoms with van der Waals surface area (Å²) in [5, 5.41) is 11.8. The van der Waals surface area contributed by atoms with E-state index in [0.717, 1.165) is 12.8 Å². The van der Waals surface area contributed by atoms with Crippen LogP contribution in [0.1, 0.15) is 59.8 Å². The highest BCUT2D eigenvalue weighted by molar-refractivity contribution is 5.76. The van der Waals surface area contributed by atoms with E-state index in [4.69, 9.17) is 5.11 Å². The maximum Gasteiger partial charge on any atom is 0.317 e. The van der Waals surface area contributed by atoms with Crippen LogP contribution in [0.25, 0.3) is 0 Å². The van der Waals surface area contributed by atoms with Crippen LogP contribution in [0.3, 0.4) is 0 Å². The Kier molecular flexibility index (Phi) is 9.86. The van der Waals surface area contributed by atoms with E-state index >= 15 is 0 Å². The predicted octanol–water partition coefficient (Wildman–Crippen LogP) is 3.10. The molecule has 0 aliphatic heterocycles. The Morgan fingerprint density at radius 2 is 1.80 bits per heavy atom. The molecule has 0 aromatic carbocycles. The summed E-state index contributed by atoms with van der Waals surface area (Å²) < 4.78 is 0. The molecule has 0 heterocycles. The summed E-state index contributed by atoms with van der Waals surface area (Å²) in [5.74, 6) is -1.41. The molecule has 0 radical (unpaired) electrons. The molecule has 0 aliphatic carbocycles. The Hall–Kier alpha value is -1.26. The second kappa shape index (κ2) is 10.5. The first-order chi connectivity index (χ1) is 9.42. The normalized spacial score (nSPS) is 13.6. The quantitative estimate of drug-likeness (QED) is 0.606. The molecule has 0 aliphatic rings. The number of urea groups is 1. The number of nitrogens with one attached hydrogen (secondary N) is 1. The van der Waals surface area contributed by atoms with Crippen molar-refractivity contribution in [2.45, 2.75) is 65.8 Å². The van der Waals surface area contributed by atoms with Crippen molar-refractivity contribution in [3.8, 4) is 0 Å². The summed E-state index contributed by atoms with van der Waals surface area (Å²) in [6, 6.07) is -0.0304. The van der Waals surface area contributed by atoms with Crippen LogP contribution >= 0.6 is 0 Å². The Morgan fingerprint density at radius 3 is 2.30 bits per heavy atom. The molecule has 0 spiro atoms. The van der Waals surface area contributed by atoms with Gasteiger partial charge in [-0.1, -0.05) is 39.5 Å². The summed E-state index contributed by atoms with van der Waals surface area (Å²) in [6.07, 6.45) is 5.73. The first kappa shape index (κ1) is 18.7. The van der Waals surface area contributed by atoms with E-state index in [0.29, 0.717) is 6.54 Å². The van der Waals surface area contributed by atoms with Crippen LogP contribution in [0.2, 0.25) is 0 Å². The van der Waals surface area contributed by atoms with Crippen LogP contribution in [0, 0.1) is 5.92 Å². The molecule has 0 saturated carbocycles. The zero-order valence-electron chi connectivity index (χ0n) is 13.3. The number of unbranched alkanes of at least 4 members (excludes halogenated alkanes) is 3. The molecular weight excluding hydrogens is 256 g/mol. The SMILES string of the molecule is CCCCCCC(C)NC(=O)N(CC)CC(C)C(=O)O. The highest BCUT2D eigenvalue weighted by atomic mass is 16.4. The number of rotatable bonds is 10. The van der Waals surface area contributed by atoms with E-state index in [1.165, 1.54) is 19.3 Å². The summed E-state index contributed by atoms with van der Waals surface area (Å²) in [6.45, 7) is 8.42. The first-order valence-corrected chi connectivity index (χ1v) is 7.70. The predicted molar refractivity (Wildman–Crippen MR) is 80.8 cm³/mol. The van der Waals surface area contributed by atoms with E-state index in [1.54, 1.807) is 11.8 Å². The second-order valence-electron chi connectivity index (χ2n) is 5.48. The van der Waals surface area contributed by atoms with Crippen LogP contribution < -0.4 is 5.32 Å². The van der Waals surface area contributed by atoms with E-state index in [-0.39, 0.29) is 18.6 Å². The Balaban J connectivity index is 4.10. The van der Waals surface area contributed by atoms with Gasteiger partial charge in [-0.25, -0.2) is 4.79 Å². The summed E-state index contributed by atoms with van der Waals surface area (Å²) in [5.41, 5.74) is 0. The second-order valence-corrected chi connectivity index (χ2v) is 5.48. The number of aliphatic carboxylic acids is 1. The number of hydrogen-bond acceptors (Lipinski definition) is 2. The molecular formula is C15H30N2O3. The summed E-state index contributed by atoms with van der Waals surface area (Å²) in [7, 11) is 0. The van der Waals surface area contributed by atoms with E-state index in [9.17, 15) is 9.59 Å². The third-order valence-corrected chi connectivity index (χ3v) is 3.45. The zero-order chi connectivity index (χ0) is 15.5. The van der Waals surface area contributed by atoms with Gasteiger partial charge in [0.1, 0.15) is 0 Å². The first-order valence-electron chi connectivity index (χ1n) is 7.70. The van der Waals surface area contributed by atoms with Gasteiger partial charge in [0, 0.05) is 19.1 Å². The molecule has 2 N–H and O–H groups in total. The molecule has 0 aromatic rings. The van der Waals surface area contributed by atoms with E-state index in [1.807, 2.05) is 13.8 Å². The number of carboxylic acids is 1.